The average Bonchev–Trinajstić information content (AvgIpc) is 2.29. The van der Waals surface area contributed by atoms with Crippen LogP contribution in [0.15, 0.2) is 0 Å². The zero-order valence-electron chi connectivity index (χ0n) is 6.92. The first kappa shape index (κ1) is 12.1. The Morgan fingerprint density at radius 2 is 1.93 bits per heavy atom. The molecule has 8 heteroatoms. The average molecular weight is 253 g/mol. The van der Waals surface area contributed by atoms with Gasteiger partial charge in [0.15, 0.2) is 6.10 Å². The molecule has 0 aromatic carbocycles. The highest BCUT2D eigenvalue weighted by Crippen LogP contribution is 2.33. The molecule has 0 N–H and O–H groups in total. The van der Waals surface area contributed by atoms with Crippen molar-refractivity contribution in [2.75, 3.05) is 5.75 Å². The molecule has 0 aliphatic carbocycles. The maximum atomic E-state index is 12.1. The number of hydrogen-bond acceptors (Lipinski definition) is 3. The molecular formula is C6H8ClF3O3S. The van der Waals surface area contributed by atoms with Crippen molar-refractivity contribution in [2.24, 2.45) is 0 Å². The molecule has 0 aromatic rings. The quantitative estimate of drug-likeness (QED) is 0.702. The van der Waals surface area contributed by atoms with Crippen LogP contribution in [0.25, 0.3) is 0 Å². The van der Waals surface area contributed by atoms with E-state index < -0.39 is 33.2 Å². The third-order valence-electron chi connectivity index (χ3n) is 1.86. The molecule has 1 saturated heterocycles. The van der Waals surface area contributed by atoms with E-state index in [1.165, 1.54) is 0 Å². The van der Waals surface area contributed by atoms with Crippen LogP contribution in [0.3, 0.4) is 0 Å². The lowest BCUT2D eigenvalue weighted by Crippen LogP contribution is -2.30. The van der Waals surface area contributed by atoms with Gasteiger partial charge in [0.25, 0.3) is 0 Å². The standard InChI is InChI=1S/C6H8ClF3O3S/c7-14(11,12)3-4-1-2-5(13-4)6(8,9)10/h4-5H,1-3H2. The van der Waals surface area contributed by atoms with Gasteiger partial charge in [-0.05, 0) is 12.8 Å². The van der Waals surface area contributed by atoms with E-state index in [-0.39, 0.29) is 12.8 Å². The van der Waals surface area contributed by atoms with Gasteiger partial charge in [0.05, 0.1) is 11.9 Å². The highest BCUT2D eigenvalue weighted by Gasteiger charge is 2.45. The Morgan fingerprint density at radius 1 is 1.36 bits per heavy atom. The molecule has 1 heterocycles. The van der Waals surface area contributed by atoms with E-state index in [0.717, 1.165) is 0 Å². The molecule has 0 spiro atoms. The van der Waals surface area contributed by atoms with Gasteiger partial charge in [-0.3, -0.25) is 0 Å². The van der Waals surface area contributed by atoms with Gasteiger partial charge in [-0.2, -0.15) is 13.2 Å². The van der Waals surface area contributed by atoms with E-state index >= 15 is 0 Å². The van der Waals surface area contributed by atoms with Gasteiger partial charge in [-0.15, -0.1) is 0 Å². The minimum atomic E-state index is -4.43. The lowest BCUT2D eigenvalue weighted by atomic mass is 10.2. The molecule has 0 saturated carbocycles. The van der Waals surface area contributed by atoms with Crippen molar-refractivity contribution >= 4 is 19.7 Å². The summed E-state index contributed by atoms with van der Waals surface area (Å²) in [5, 5.41) is 0. The largest absolute Gasteiger partial charge is 0.414 e. The van der Waals surface area contributed by atoms with Gasteiger partial charge < -0.3 is 4.74 Å². The van der Waals surface area contributed by atoms with Crippen molar-refractivity contribution < 1.29 is 26.3 Å². The Kier molecular flexibility index (Phi) is 3.33. The topological polar surface area (TPSA) is 43.4 Å². The molecule has 1 aliphatic rings. The summed E-state index contributed by atoms with van der Waals surface area (Å²) in [5.41, 5.74) is 0. The molecule has 1 rings (SSSR count). The molecule has 14 heavy (non-hydrogen) atoms. The van der Waals surface area contributed by atoms with Crippen molar-refractivity contribution in [3.63, 3.8) is 0 Å². The molecule has 0 bridgehead atoms. The van der Waals surface area contributed by atoms with Gasteiger partial charge in [0.1, 0.15) is 0 Å². The van der Waals surface area contributed by atoms with E-state index in [4.69, 9.17) is 10.7 Å². The normalized spacial score (nSPS) is 29.4. The highest BCUT2D eigenvalue weighted by atomic mass is 35.7. The third-order valence-corrected chi connectivity index (χ3v) is 3.01. The van der Waals surface area contributed by atoms with Crippen molar-refractivity contribution in [3.05, 3.63) is 0 Å². The van der Waals surface area contributed by atoms with Crippen molar-refractivity contribution in [3.8, 4) is 0 Å². The van der Waals surface area contributed by atoms with E-state index in [1.54, 1.807) is 0 Å². The number of rotatable bonds is 2. The molecule has 0 amide bonds. The number of halogens is 4. The van der Waals surface area contributed by atoms with E-state index in [2.05, 4.69) is 4.74 Å². The molecular weight excluding hydrogens is 245 g/mol. The first-order valence-electron chi connectivity index (χ1n) is 3.83. The summed E-state index contributed by atoms with van der Waals surface area (Å²) in [7, 11) is 1.09. The fourth-order valence-corrected chi connectivity index (χ4v) is 2.40. The van der Waals surface area contributed by atoms with Crippen LogP contribution in [0.4, 0.5) is 13.2 Å². The number of ether oxygens (including phenoxy) is 1. The first-order chi connectivity index (χ1) is 6.18. The number of alkyl halides is 3. The molecule has 0 radical (unpaired) electrons. The van der Waals surface area contributed by atoms with Crippen molar-refractivity contribution in [2.45, 2.75) is 31.2 Å². The summed E-state index contributed by atoms with van der Waals surface area (Å²) in [6.45, 7) is 0. The second kappa shape index (κ2) is 3.86. The van der Waals surface area contributed by atoms with E-state index in [1.807, 2.05) is 0 Å². The predicted molar refractivity (Wildman–Crippen MR) is 43.6 cm³/mol. The van der Waals surface area contributed by atoms with Crippen LogP contribution in [-0.4, -0.2) is 32.6 Å². The van der Waals surface area contributed by atoms with Crippen LogP contribution in [0.5, 0.6) is 0 Å². The Labute approximate surface area is 83.6 Å². The van der Waals surface area contributed by atoms with Gasteiger partial charge in [0, 0.05) is 10.7 Å². The molecule has 2 unspecified atom stereocenters. The first-order valence-corrected chi connectivity index (χ1v) is 6.31. The Balaban J connectivity index is 2.50. The van der Waals surface area contributed by atoms with Crippen molar-refractivity contribution in [1.29, 1.82) is 0 Å². The molecule has 84 valence electrons. The Hall–Kier alpha value is -0.0100. The van der Waals surface area contributed by atoms with Crippen LogP contribution in [0.2, 0.25) is 0 Å². The molecule has 3 nitrogen and oxygen atoms in total. The van der Waals surface area contributed by atoms with Crippen LogP contribution in [-0.2, 0) is 13.8 Å². The predicted octanol–water partition coefficient (Wildman–Crippen LogP) is 1.66. The zero-order chi connectivity index (χ0) is 11.0. The van der Waals surface area contributed by atoms with Crippen LogP contribution < -0.4 is 0 Å². The second-order valence-corrected chi connectivity index (χ2v) is 5.89. The molecule has 2 atom stereocenters. The summed E-state index contributed by atoms with van der Waals surface area (Å²) in [6, 6.07) is 0. The third kappa shape index (κ3) is 3.62. The lowest BCUT2D eigenvalue weighted by Gasteiger charge is -2.15. The summed E-state index contributed by atoms with van der Waals surface area (Å²) in [4.78, 5) is 0. The second-order valence-electron chi connectivity index (χ2n) is 3.07. The highest BCUT2D eigenvalue weighted by molar-refractivity contribution is 8.13. The molecule has 1 fully saturated rings. The van der Waals surface area contributed by atoms with Crippen LogP contribution >= 0.6 is 10.7 Å². The van der Waals surface area contributed by atoms with Crippen LogP contribution in [0.1, 0.15) is 12.8 Å². The SMILES string of the molecule is O=S(=O)(Cl)CC1CCC(C(F)(F)F)O1. The molecule has 0 aromatic heterocycles. The summed E-state index contributed by atoms with van der Waals surface area (Å²) < 4.78 is 61.8. The van der Waals surface area contributed by atoms with Gasteiger partial charge >= 0.3 is 6.18 Å². The minimum Gasteiger partial charge on any atom is -0.364 e. The zero-order valence-corrected chi connectivity index (χ0v) is 8.49. The van der Waals surface area contributed by atoms with E-state index in [9.17, 15) is 21.6 Å². The maximum absolute atomic E-state index is 12.1. The smallest absolute Gasteiger partial charge is 0.364 e. The maximum Gasteiger partial charge on any atom is 0.414 e. The fraction of sp³-hybridized carbons (Fsp3) is 1.00. The Bertz CT molecular complexity index is 300. The Morgan fingerprint density at radius 3 is 2.29 bits per heavy atom. The summed E-state index contributed by atoms with van der Waals surface area (Å²) in [5.74, 6) is -0.568. The van der Waals surface area contributed by atoms with E-state index in [0.29, 0.717) is 0 Å². The molecule has 1 aliphatic heterocycles. The fourth-order valence-electron chi connectivity index (χ4n) is 1.29. The van der Waals surface area contributed by atoms with Gasteiger partial charge in [0.2, 0.25) is 9.05 Å². The summed E-state index contributed by atoms with van der Waals surface area (Å²) >= 11 is 0. The van der Waals surface area contributed by atoms with Gasteiger partial charge in [-0.1, -0.05) is 0 Å². The van der Waals surface area contributed by atoms with Gasteiger partial charge in [-0.25, -0.2) is 8.42 Å². The van der Waals surface area contributed by atoms with Crippen LogP contribution in [0, 0.1) is 0 Å². The minimum absolute atomic E-state index is 0.0656. The lowest BCUT2D eigenvalue weighted by molar-refractivity contribution is -0.213. The monoisotopic (exact) mass is 252 g/mol. The number of hydrogen-bond donors (Lipinski definition) is 0. The van der Waals surface area contributed by atoms with Crippen molar-refractivity contribution in [1.82, 2.24) is 0 Å². The summed E-state index contributed by atoms with van der Waals surface area (Å²) in [6.07, 6.45) is -7.36.